The van der Waals surface area contributed by atoms with Gasteiger partial charge in [0.05, 0.1) is 6.61 Å². The smallest absolute Gasteiger partial charge is 0.119 e. The van der Waals surface area contributed by atoms with Crippen molar-refractivity contribution in [2.45, 2.75) is 57.7 Å². The third-order valence-corrected chi connectivity index (χ3v) is 5.67. The van der Waals surface area contributed by atoms with Gasteiger partial charge in [0.1, 0.15) is 5.75 Å². The number of hydrogen-bond donors (Lipinski definition) is 0. The highest BCUT2D eigenvalue weighted by Crippen LogP contribution is 2.38. The SMILES string of the molecule is CCCOc1cccc(C2=CC3CCCC(C2)N3Cc2ccccc2)c1. The van der Waals surface area contributed by atoms with Crippen LogP contribution >= 0.6 is 0 Å². The Morgan fingerprint density at radius 3 is 2.73 bits per heavy atom. The van der Waals surface area contributed by atoms with Gasteiger partial charge in [0.25, 0.3) is 0 Å². The zero-order valence-corrected chi connectivity index (χ0v) is 15.7. The van der Waals surface area contributed by atoms with Crippen molar-refractivity contribution in [2.24, 2.45) is 0 Å². The summed E-state index contributed by atoms with van der Waals surface area (Å²) >= 11 is 0. The fourth-order valence-electron chi connectivity index (χ4n) is 4.38. The second-order valence-electron chi connectivity index (χ2n) is 7.58. The lowest BCUT2D eigenvalue weighted by Crippen LogP contribution is -2.47. The van der Waals surface area contributed by atoms with E-state index < -0.39 is 0 Å². The minimum absolute atomic E-state index is 0.568. The van der Waals surface area contributed by atoms with Crippen LogP contribution in [-0.2, 0) is 6.54 Å². The van der Waals surface area contributed by atoms with E-state index >= 15 is 0 Å². The van der Waals surface area contributed by atoms with E-state index in [4.69, 9.17) is 4.74 Å². The summed E-state index contributed by atoms with van der Waals surface area (Å²) in [6.07, 6.45) is 8.67. The van der Waals surface area contributed by atoms with Crippen LogP contribution in [0.25, 0.3) is 5.57 Å². The van der Waals surface area contributed by atoms with Gasteiger partial charge < -0.3 is 4.74 Å². The van der Waals surface area contributed by atoms with Crippen molar-refractivity contribution < 1.29 is 4.74 Å². The molecule has 2 heterocycles. The first-order valence-corrected chi connectivity index (χ1v) is 10.1. The van der Waals surface area contributed by atoms with Crippen LogP contribution in [0.1, 0.15) is 50.2 Å². The first-order chi connectivity index (χ1) is 12.8. The first kappa shape index (κ1) is 17.4. The maximum Gasteiger partial charge on any atom is 0.119 e. The second-order valence-corrected chi connectivity index (χ2v) is 7.58. The Morgan fingerprint density at radius 1 is 1.04 bits per heavy atom. The summed E-state index contributed by atoms with van der Waals surface area (Å²) in [5, 5.41) is 0. The number of hydrogen-bond acceptors (Lipinski definition) is 2. The van der Waals surface area contributed by atoms with Gasteiger partial charge in [0.2, 0.25) is 0 Å². The van der Waals surface area contributed by atoms with E-state index in [1.165, 1.54) is 36.0 Å². The summed E-state index contributed by atoms with van der Waals surface area (Å²) < 4.78 is 5.84. The Kier molecular flexibility index (Phi) is 5.40. The number of ether oxygens (including phenoxy) is 1. The van der Waals surface area contributed by atoms with Crippen molar-refractivity contribution in [3.63, 3.8) is 0 Å². The molecular formula is C24H29NO. The molecule has 0 aliphatic carbocycles. The lowest BCUT2D eigenvalue weighted by Gasteiger charge is -2.45. The average molecular weight is 348 g/mol. The molecule has 0 saturated carbocycles. The van der Waals surface area contributed by atoms with Crippen molar-refractivity contribution in [2.75, 3.05) is 6.61 Å². The molecule has 2 aliphatic heterocycles. The van der Waals surface area contributed by atoms with E-state index in [9.17, 15) is 0 Å². The zero-order chi connectivity index (χ0) is 17.8. The van der Waals surface area contributed by atoms with Crippen LogP contribution in [0.15, 0.2) is 60.7 Å². The van der Waals surface area contributed by atoms with Gasteiger partial charge in [-0.25, -0.2) is 0 Å². The van der Waals surface area contributed by atoms with Crippen LogP contribution in [0, 0.1) is 0 Å². The van der Waals surface area contributed by atoms with Crippen molar-refractivity contribution in [1.82, 2.24) is 4.90 Å². The van der Waals surface area contributed by atoms with Crippen LogP contribution in [0.4, 0.5) is 0 Å². The third-order valence-electron chi connectivity index (χ3n) is 5.67. The van der Waals surface area contributed by atoms with Crippen LogP contribution in [0.3, 0.4) is 0 Å². The van der Waals surface area contributed by atoms with Crippen LogP contribution in [0.2, 0.25) is 0 Å². The molecule has 26 heavy (non-hydrogen) atoms. The van der Waals surface area contributed by atoms with Crippen LogP contribution < -0.4 is 4.74 Å². The van der Waals surface area contributed by atoms with E-state index in [-0.39, 0.29) is 0 Å². The molecule has 4 rings (SSSR count). The maximum atomic E-state index is 5.84. The Balaban J connectivity index is 1.55. The van der Waals surface area contributed by atoms with E-state index in [1.54, 1.807) is 0 Å². The van der Waals surface area contributed by atoms with Crippen molar-refractivity contribution in [3.05, 3.63) is 71.8 Å². The minimum Gasteiger partial charge on any atom is -0.494 e. The Hall–Kier alpha value is -2.06. The number of nitrogens with zero attached hydrogens (tertiary/aromatic N) is 1. The van der Waals surface area contributed by atoms with Gasteiger partial charge in [-0.05, 0) is 54.5 Å². The summed E-state index contributed by atoms with van der Waals surface area (Å²) in [7, 11) is 0. The predicted molar refractivity (Wildman–Crippen MR) is 108 cm³/mol. The quantitative estimate of drug-likeness (QED) is 0.666. The highest BCUT2D eigenvalue weighted by molar-refractivity contribution is 5.68. The molecule has 2 bridgehead atoms. The fourth-order valence-corrected chi connectivity index (χ4v) is 4.38. The van der Waals surface area contributed by atoms with E-state index in [0.29, 0.717) is 12.1 Å². The van der Waals surface area contributed by atoms with Crippen molar-refractivity contribution in [1.29, 1.82) is 0 Å². The third kappa shape index (κ3) is 3.86. The molecule has 2 aromatic carbocycles. The summed E-state index contributed by atoms with van der Waals surface area (Å²) in [5.41, 5.74) is 4.28. The van der Waals surface area contributed by atoms with E-state index in [1.807, 2.05) is 0 Å². The van der Waals surface area contributed by atoms with Gasteiger partial charge >= 0.3 is 0 Å². The highest BCUT2D eigenvalue weighted by atomic mass is 16.5. The van der Waals surface area contributed by atoms with Gasteiger partial charge in [-0.1, -0.05) is 61.9 Å². The van der Waals surface area contributed by atoms with Gasteiger partial charge in [0.15, 0.2) is 0 Å². The summed E-state index contributed by atoms with van der Waals surface area (Å²) in [6, 6.07) is 20.8. The summed E-state index contributed by atoms with van der Waals surface area (Å²) in [6.45, 7) is 4.01. The molecule has 2 aromatic rings. The zero-order valence-electron chi connectivity index (χ0n) is 15.7. The second kappa shape index (κ2) is 8.09. The summed E-state index contributed by atoms with van der Waals surface area (Å²) in [5.74, 6) is 1.00. The molecule has 1 fully saturated rings. The largest absolute Gasteiger partial charge is 0.494 e. The lowest BCUT2D eigenvalue weighted by molar-refractivity contribution is 0.0951. The molecule has 0 radical (unpaired) electrons. The predicted octanol–water partition coefficient (Wildman–Crippen LogP) is 5.69. The molecule has 1 saturated heterocycles. The van der Waals surface area contributed by atoms with Crippen molar-refractivity contribution in [3.8, 4) is 5.75 Å². The lowest BCUT2D eigenvalue weighted by atomic mass is 9.82. The standard InChI is InChI=1S/C24H29NO/c1-2-14-26-24-13-6-10-20(17-24)21-15-22-11-7-12-23(16-21)25(22)18-19-8-4-3-5-9-19/h3-6,8-10,13,15,17,22-23H,2,7,11-12,14,16,18H2,1H3. The van der Waals surface area contributed by atoms with E-state index in [0.717, 1.165) is 31.7 Å². The van der Waals surface area contributed by atoms with Crippen LogP contribution in [0.5, 0.6) is 5.75 Å². The molecule has 0 spiro atoms. The average Bonchev–Trinajstić information content (AvgIpc) is 2.67. The molecule has 2 unspecified atom stereocenters. The number of piperidine rings is 1. The Labute approximate surface area is 157 Å². The monoisotopic (exact) mass is 347 g/mol. The molecular weight excluding hydrogens is 318 g/mol. The van der Waals surface area contributed by atoms with Gasteiger partial charge in [-0.3, -0.25) is 4.90 Å². The number of rotatable bonds is 6. The Bertz CT molecular complexity index is 752. The normalized spacial score (nSPS) is 22.7. The van der Waals surface area contributed by atoms with E-state index in [2.05, 4.69) is 72.5 Å². The molecule has 2 atom stereocenters. The molecule has 0 amide bonds. The number of fused-ring (bicyclic) bond motifs is 2. The summed E-state index contributed by atoms with van der Waals surface area (Å²) in [4.78, 5) is 2.72. The highest BCUT2D eigenvalue weighted by Gasteiger charge is 2.34. The molecule has 136 valence electrons. The molecule has 2 heteroatoms. The minimum atomic E-state index is 0.568. The molecule has 2 aliphatic rings. The topological polar surface area (TPSA) is 12.5 Å². The van der Waals surface area contributed by atoms with Crippen LogP contribution in [-0.4, -0.2) is 23.6 Å². The Morgan fingerprint density at radius 2 is 1.92 bits per heavy atom. The molecule has 2 nitrogen and oxygen atoms in total. The molecule has 0 N–H and O–H groups in total. The van der Waals surface area contributed by atoms with Gasteiger partial charge in [-0.2, -0.15) is 0 Å². The first-order valence-electron chi connectivity index (χ1n) is 10.1. The fraction of sp³-hybridized carbons (Fsp3) is 0.417. The maximum absolute atomic E-state index is 5.84. The number of benzene rings is 2. The molecule has 0 aromatic heterocycles. The van der Waals surface area contributed by atoms with Crippen molar-refractivity contribution >= 4 is 5.57 Å². The van der Waals surface area contributed by atoms with Gasteiger partial charge in [-0.15, -0.1) is 0 Å². The van der Waals surface area contributed by atoms with Gasteiger partial charge in [0, 0.05) is 18.6 Å².